The Bertz CT molecular complexity index is 281. The number of hydrogen-bond donors (Lipinski definition) is 2. The molecule has 1 aromatic heterocycles. The molecule has 0 aliphatic rings. The van der Waals surface area contributed by atoms with E-state index in [0.29, 0.717) is 6.54 Å². The average molecular weight is 181 g/mol. The van der Waals surface area contributed by atoms with E-state index in [4.69, 9.17) is 5.73 Å². The molecule has 0 aliphatic heterocycles. The van der Waals surface area contributed by atoms with Crippen LogP contribution in [0.5, 0.6) is 0 Å². The highest BCUT2D eigenvalue weighted by Gasteiger charge is 2.14. The fourth-order valence-corrected chi connectivity index (χ4v) is 1.35. The summed E-state index contributed by atoms with van der Waals surface area (Å²) in [5.74, 6) is 1.05. The van der Waals surface area contributed by atoms with Gasteiger partial charge in [0.25, 0.3) is 0 Å². The zero-order valence-electron chi connectivity index (χ0n) is 8.94. The molecular formula is C10H19N3. The van der Waals surface area contributed by atoms with Crippen molar-refractivity contribution in [3.63, 3.8) is 0 Å². The number of nitrogens with one attached hydrogen (secondary N) is 1. The van der Waals surface area contributed by atoms with Crippen LogP contribution in [0.3, 0.4) is 0 Å². The van der Waals surface area contributed by atoms with Crippen LogP contribution in [0.25, 0.3) is 0 Å². The van der Waals surface area contributed by atoms with Gasteiger partial charge < -0.3 is 10.7 Å². The molecule has 0 fully saturated rings. The molecule has 3 heteroatoms. The van der Waals surface area contributed by atoms with E-state index in [1.165, 1.54) is 0 Å². The van der Waals surface area contributed by atoms with E-state index in [9.17, 15) is 0 Å². The molecule has 0 saturated heterocycles. The summed E-state index contributed by atoms with van der Waals surface area (Å²) in [6, 6.07) is 0. The van der Waals surface area contributed by atoms with E-state index in [-0.39, 0.29) is 5.41 Å². The Morgan fingerprint density at radius 3 is 2.38 bits per heavy atom. The summed E-state index contributed by atoms with van der Waals surface area (Å²) in [6.07, 6.45) is 0.966. The van der Waals surface area contributed by atoms with Gasteiger partial charge in [0.2, 0.25) is 0 Å². The van der Waals surface area contributed by atoms with Crippen molar-refractivity contribution in [1.29, 1.82) is 0 Å². The van der Waals surface area contributed by atoms with Crippen LogP contribution in [0.15, 0.2) is 0 Å². The first kappa shape index (κ1) is 10.3. The molecule has 0 saturated carbocycles. The van der Waals surface area contributed by atoms with Gasteiger partial charge in [0, 0.05) is 18.7 Å². The largest absolute Gasteiger partial charge is 0.346 e. The molecule has 0 spiro atoms. The van der Waals surface area contributed by atoms with Crippen molar-refractivity contribution in [2.24, 2.45) is 11.1 Å². The van der Waals surface area contributed by atoms with Gasteiger partial charge in [-0.1, -0.05) is 20.8 Å². The molecule has 0 bridgehead atoms. The van der Waals surface area contributed by atoms with Gasteiger partial charge in [-0.3, -0.25) is 0 Å². The van der Waals surface area contributed by atoms with Crippen molar-refractivity contribution < 1.29 is 0 Å². The number of imidazole rings is 1. The van der Waals surface area contributed by atoms with Crippen LogP contribution < -0.4 is 5.73 Å². The Morgan fingerprint density at radius 2 is 2.00 bits per heavy atom. The van der Waals surface area contributed by atoms with E-state index in [1.807, 2.05) is 6.92 Å². The minimum absolute atomic E-state index is 0.274. The van der Waals surface area contributed by atoms with E-state index in [2.05, 4.69) is 30.7 Å². The summed E-state index contributed by atoms with van der Waals surface area (Å²) in [7, 11) is 0. The molecule has 3 N–H and O–H groups in total. The molecule has 0 aromatic carbocycles. The lowest BCUT2D eigenvalue weighted by Crippen LogP contribution is -2.10. The predicted octanol–water partition coefficient (Wildman–Crippen LogP) is 1.77. The summed E-state index contributed by atoms with van der Waals surface area (Å²) in [6.45, 7) is 9.14. The van der Waals surface area contributed by atoms with E-state index in [1.54, 1.807) is 0 Å². The number of nitrogens with zero attached hydrogens (tertiary/aromatic N) is 1. The summed E-state index contributed by atoms with van der Waals surface area (Å²) in [5, 5.41) is 0. The molecule has 0 aliphatic carbocycles. The second kappa shape index (κ2) is 3.50. The third kappa shape index (κ3) is 2.84. The number of aromatic amines is 1. The second-order valence-corrected chi connectivity index (χ2v) is 4.70. The fraction of sp³-hybridized carbons (Fsp3) is 0.700. The summed E-state index contributed by atoms with van der Waals surface area (Å²) < 4.78 is 0. The molecule has 74 valence electrons. The molecular weight excluding hydrogens is 162 g/mol. The normalized spacial score (nSPS) is 12.1. The highest BCUT2D eigenvalue weighted by Crippen LogP contribution is 2.19. The van der Waals surface area contributed by atoms with Crippen LogP contribution in [0.4, 0.5) is 0 Å². The van der Waals surface area contributed by atoms with Crippen LogP contribution in [0.2, 0.25) is 0 Å². The van der Waals surface area contributed by atoms with Gasteiger partial charge in [0.15, 0.2) is 0 Å². The Morgan fingerprint density at radius 1 is 1.38 bits per heavy atom. The summed E-state index contributed by atoms with van der Waals surface area (Å²) in [4.78, 5) is 7.69. The fourth-order valence-electron chi connectivity index (χ4n) is 1.35. The molecule has 0 unspecified atom stereocenters. The molecule has 0 amide bonds. The van der Waals surface area contributed by atoms with Gasteiger partial charge in [-0.15, -0.1) is 0 Å². The maximum atomic E-state index is 5.55. The molecule has 3 nitrogen and oxygen atoms in total. The van der Waals surface area contributed by atoms with Gasteiger partial charge in [-0.2, -0.15) is 0 Å². The van der Waals surface area contributed by atoms with Crippen molar-refractivity contribution >= 4 is 0 Å². The van der Waals surface area contributed by atoms with E-state index < -0.39 is 0 Å². The topological polar surface area (TPSA) is 54.7 Å². The number of hydrogen-bond acceptors (Lipinski definition) is 2. The minimum atomic E-state index is 0.274. The zero-order chi connectivity index (χ0) is 10.1. The summed E-state index contributed by atoms with van der Waals surface area (Å²) >= 11 is 0. The van der Waals surface area contributed by atoms with Crippen LogP contribution in [-0.2, 0) is 13.0 Å². The van der Waals surface area contributed by atoms with Crippen LogP contribution in [0, 0.1) is 12.3 Å². The average Bonchev–Trinajstić information content (AvgIpc) is 2.26. The quantitative estimate of drug-likeness (QED) is 0.730. The van der Waals surface area contributed by atoms with E-state index in [0.717, 1.165) is 23.6 Å². The van der Waals surface area contributed by atoms with Gasteiger partial charge in [0.1, 0.15) is 5.82 Å². The van der Waals surface area contributed by atoms with Gasteiger partial charge in [0.05, 0.1) is 5.69 Å². The predicted molar refractivity (Wildman–Crippen MR) is 54.4 cm³/mol. The number of rotatable bonds is 2. The van der Waals surface area contributed by atoms with Gasteiger partial charge in [-0.25, -0.2) is 4.98 Å². The standard InChI is InChI=1S/C10H19N3/c1-7-8(6-11)13-9(12-7)5-10(2,3)4/h5-6,11H2,1-4H3,(H,12,13). The zero-order valence-corrected chi connectivity index (χ0v) is 8.94. The van der Waals surface area contributed by atoms with Crippen molar-refractivity contribution in [2.75, 3.05) is 0 Å². The number of H-pyrrole nitrogens is 1. The van der Waals surface area contributed by atoms with Crippen LogP contribution in [-0.4, -0.2) is 9.97 Å². The number of nitrogens with two attached hydrogens (primary N) is 1. The first-order chi connectivity index (χ1) is 5.92. The molecule has 0 radical (unpaired) electrons. The highest BCUT2D eigenvalue weighted by atomic mass is 14.9. The van der Waals surface area contributed by atoms with Crippen molar-refractivity contribution in [2.45, 2.75) is 40.7 Å². The maximum Gasteiger partial charge on any atom is 0.107 e. The maximum absolute atomic E-state index is 5.55. The Labute approximate surface area is 79.8 Å². The molecule has 1 aromatic rings. The Kier molecular flexibility index (Phi) is 2.76. The minimum Gasteiger partial charge on any atom is -0.346 e. The van der Waals surface area contributed by atoms with Crippen LogP contribution >= 0.6 is 0 Å². The highest BCUT2D eigenvalue weighted by molar-refractivity contribution is 5.13. The van der Waals surface area contributed by atoms with E-state index >= 15 is 0 Å². The molecule has 0 atom stereocenters. The number of aryl methyl sites for hydroxylation is 1. The molecule has 1 heterocycles. The number of aromatic nitrogens is 2. The monoisotopic (exact) mass is 181 g/mol. The summed E-state index contributed by atoms with van der Waals surface area (Å²) in [5.41, 5.74) is 7.90. The Balaban J connectivity index is 2.80. The molecule has 1 rings (SSSR count). The lowest BCUT2D eigenvalue weighted by atomic mass is 9.92. The third-order valence-corrected chi connectivity index (χ3v) is 1.93. The lowest BCUT2D eigenvalue weighted by molar-refractivity contribution is 0.402. The Hall–Kier alpha value is -0.830. The smallest absolute Gasteiger partial charge is 0.107 e. The third-order valence-electron chi connectivity index (χ3n) is 1.93. The van der Waals surface area contributed by atoms with Gasteiger partial charge in [-0.05, 0) is 12.3 Å². The SMILES string of the molecule is Cc1[nH]c(CC(C)(C)C)nc1CN. The molecule has 13 heavy (non-hydrogen) atoms. The first-order valence-corrected chi connectivity index (χ1v) is 4.67. The van der Waals surface area contributed by atoms with Crippen LogP contribution in [0.1, 0.15) is 38.0 Å². The first-order valence-electron chi connectivity index (χ1n) is 4.67. The lowest BCUT2D eigenvalue weighted by Gasteiger charge is -2.15. The van der Waals surface area contributed by atoms with Crippen molar-refractivity contribution in [3.05, 3.63) is 17.2 Å². The van der Waals surface area contributed by atoms with Crippen molar-refractivity contribution in [3.8, 4) is 0 Å². The van der Waals surface area contributed by atoms with Gasteiger partial charge >= 0.3 is 0 Å². The van der Waals surface area contributed by atoms with Crippen molar-refractivity contribution in [1.82, 2.24) is 9.97 Å². The second-order valence-electron chi connectivity index (χ2n) is 4.70.